The van der Waals surface area contributed by atoms with E-state index in [1.807, 2.05) is 0 Å². The molecule has 8 heteroatoms. The number of carbonyl (C=O) groups excluding carboxylic acids is 1. The van der Waals surface area contributed by atoms with Gasteiger partial charge in [-0.3, -0.25) is 4.79 Å². The van der Waals surface area contributed by atoms with Crippen LogP contribution in [-0.2, 0) is 9.84 Å². The highest BCUT2D eigenvalue weighted by Crippen LogP contribution is 2.20. The molecule has 1 aliphatic heterocycles. The van der Waals surface area contributed by atoms with Crippen molar-refractivity contribution in [3.05, 3.63) is 18.0 Å². The standard InChI is InChI=1S/C15H24N4O3S/c1-4-5-9-18(2)14(20)13-6-8-16-15(17-13)19(3)12-7-10-23(21,22)11-12/h6,8,12H,4-5,7,9-11H2,1-3H3. The Balaban J connectivity index is 2.11. The highest BCUT2D eigenvalue weighted by atomic mass is 32.2. The second kappa shape index (κ2) is 7.25. The van der Waals surface area contributed by atoms with Gasteiger partial charge in [0.05, 0.1) is 11.5 Å². The number of rotatable bonds is 6. The maximum absolute atomic E-state index is 12.4. The summed E-state index contributed by atoms with van der Waals surface area (Å²) in [6.07, 6.45) is 4.07. The maximum Gasteiger partial charge on any atom is 0.272 e. The third kappa shape index (κ3) is 4.40. The fraction of sp³-hybridized carbons (Fsp3) is 0.667. The van der Waals surface area contributed by atoms with Crippen LogP contribution in [0.2, 0.25) is 0 Å². The normalized spacial score (nSPS) is 19.5. The Hall–Kier alpha value is -1.70. The van der Waals surface area contributed by atoms with Gasteiger partial charge in [0.15, 0.2) is 9.84 Å². The van der Waals surface area contributed by atoms with Crippen LogP contribution in [0.1, 0.15) is 36.7 Å². The lowest BCUT2D eigenvalue weighted by Gasteiger charge is -2.24. The van der Waals surface area contributed by atoms with Gasteiger partial charge in [0.2, 0.25) is 5.95 Å². The van der Waals surface area contributed by atoms with Crippen molar-refractivity contribution in [1.29, 1.82) is 0 Å². The van der Waals surface area contributed by atoms with E-state index in [0.717, 1.165) is 12.8 Å². The van der Waals surface area contributed by atoms with Crippen LogP contribution in [0.25, 0.3) is 0 Å². The van der Waals surface area contributed by atoms with E-state index < -0.39 is 9.84 Å². The van der Waals surface area contributed by atoms with Gasteiger partial charge in [-0.2, -0.15) is 0 Å². The van der Waals surface area contributed by atoms with Gasteiger partial charge in [-0.25, -0.2) is 18.4 Å². The molecule has 7 nitrogen and oxygen atoms in total. The number of nitrogens with zero attached hydrogens (tertiary/aromatic N) is 4. The number of hydrogen-bond donors (Lipinski definition) is 0. The van der Waals surface area contributed by atoms with Crippen LogP contribution in [0.3, 0.4) is 0 Å². The van der Waals surface area contributed by atoms with Gasteiger partial charge in [-0.15, -0.1) is 0 Å². The van der Waals surface area contributed by atoms with Crippen molar-refractivity contribution in [1.82, 2.24) is 14.9 Å². The Morgan fingerprint density at radius 2 is 2.13 bits per heavy atom. The van der Waals surface area contributed by atoms with Crippen LogP contribution in [0.4, 0.5) is 5.95 Å². The number of anilines is 1. The molecule has 1 atom stereocenters. The highest BCUT2D eigenvalue weighted by molar-refractivity contribution is 7.91. The van der Waals surface area contributed by atoms with Gasteiger partial charge in [0.1, 0.15) is 5.69 Å². The molecule has 128 valence electrons. The van der Waals surface area contributed by atoms with Crippen molar-refractivity contribution in [3.8, 4) is 0 Å². The van der Waals surface area contributed by atoms with Crippen LogP contribution in [-0.4, -0.2) is 67.4 Å². The second-order valence-electron chi connectivity index (χ2n) is 5.99. The Morgan fingerprint density at radius 1 is 1.39 bits per heavy atom. The van der Waals surface area contributed by atoms with Crippen molar-refractivity contribution in [2.75, 3.05) is 37.0 Å². The number of amides is 1. The first-order valence-corrected chi connectivity index (χ1v) is 9.68. The van der Waals surface area contributed by atoms with Crippen LogP contribution in [0.15, 0.2) is 12.3 Å². The molecule has 1 saturated heterocycles. The lowest BCUT2D eigenvalue weighted by atomic mass is 10.2. The molecule has 1 aromatic rings. The third-order valence-corrected chi connectivity index (χ3v) is 5.88. The molecular weight excluding hydrogens is 316 g/mol. The molecule has 0 spiro atoms. The van der Waals surface area contributed by atoms with Gasteiger partial charge in [0, 0.05) is 32.9 Å². The lowest BCUT2D eigenvalue weighted by molar-refractivity contribution is 0.0787. The van der Waals surface area contributed by atoms with E-state index in [2.05, 4.69) is 16.9 Å². The molecule has 0 aromatic carbocycles. The third-order valence-electron chi connectivity index (χ3n) is 4.13. The number of unbranched alkanes of at least 4 members (excludes halogenated alkanes) is 1. The molecule has 0 saturated carbocycles. The zero-order valence-corrected chi connectivity index (χ0v) is 14.7. The van der Waals surface area contributed by atoms with E-state index in [-0.39, 0.29) is 23.5 Å². The van der Waals surface area contributed by atoms with Crippen LogP contribution >= 0.6 is 0 Å². The van der Waals surface area contributed by atoms with Crippen molar-refractivity contribution in [2.24, 2.45) is 0 Å². The van der Waals surface area contributed by atoms with E-state index in [1.54, 1.807) is 36.2 Å². The molecule has 1 amide bonds. The van der Waals surface area contributed by atoms with Gasteiger partial charge < -0.3 is 9.80 Å². The summed E-state index contributed by atoms with van der Waals surface area (Å²) in [5, 5.41) is 0. The fourth-order valence-electron chi connectivity index (χ4n) is 2.57. The summed E-state index contributed by atoms with van der Waals surface area (Å²) in [6.45, 7) is 2.76. The van der Waals surface area contributed by atoms with E-state index in [9.17, 15) is 13.2 Å². The molecule has 1 aliphatic rings. The van der Waals surface area contributed by atoms with Gasteiger partial charge >= 0.3 is 0 Å². The Bertz CT molecular complexity index is 662. The Labute approximate surface area is 137 Å². The number of carbonyl (C=O) groups is 1. The first kappa shape index (κ1) is 17.7. The fourth-order valence-corrected chi connectivity index (χ4v) is 4.35. The van der Waals surface area contributed by atoms with E-state index in [1.165, 1.54) is 0 Å². The van der Waals surface area contributed by atoms with Crippen LogP contribution in [0, 0.1) is 0 Å². The topological polar surface area (TPSA) is 83.5 Å². The number of sulfone groups is 1. The van der Waals surface area contributed by atoms with Crippen molar-refractivity contribution in [3.63, 3.8) is 0 Å². The smallest absolute Gasteiger partial charge is 0.272 e. The quantitative estimate of drug-likeness (QED) is 0.767. The van der Waals surface area contributed by atoms with Gasteiger partial charge in [-0.1, -0.05) is 13.3 Å². The van der Waals surface area contributed by atoms with E-state index in [0.29, 0.717) is 24.6 Å². The summed E-state index contributed by atoms with van der Waals surface area (Å²) < 4.78 is 23.2. The molecule has 0 N–H and O–H groups in total. The van der Waals surface area contributed by atoms with Crippen LogP contribution < -0.4 is 4.90 Å². The molecule has 0 aliphatic carbocycles. The summed E-state index contributed by atoms with van der Waals surface area (Å²) in [7, 11) is 0.560. The van der Waals surface area contributed by atoms with E-state index in [4.69, 9.17) is 0 Å². The zero-order valence-electron chi connectivity index (χ0n) is 13.9. The van der Waals surface area contributed by atoms with Crippen LogP contribution in [0.5, 0.6) is 0 Å². The monoisotopic (exact) mass is 340 g/mol. The first-order chi connectivity index (χ1) is 10.8. The summed E-state index contributed by atoms with van der Waals surface area (Å²) in [5.74, 6) is 0.554. The minimum Gasteiger partial charge on any atom is -0.340 e. The zero-order chi connectivity index (χ0) is 17.0. The molecule has 1 aromatic heterocycles. The highest BCUT2D eigenvalue weighted by Gasteiger charge is 2.32. The maximum atomic E-state index is 12.4. The molecule has 0 bridgehead atoms. The minimum atomic E-state index is -2.97. The Kier molecular flexibility index (Phi) is 5.56. The summed E-state index contributed by atoms with van der Waals surface area (Å²) >= 11 is 0. The summed E-state index contributed by atoms with van der Waals surface area (Å²) in [4.78, 5) is 24.3. The molecular formula is C15H24N4O3S. The van der Waals surface area contributed by atoms with Crippen molar-refractivity contribution >= 4 is 21.7 Å². The largest absolute Gasteiger partial charge is 0.340 e. The molecule has 1 unspecified atom stereocenters. The molecule has 1 fully saturated rings. The van der Waals surface area contributed by atoms with Crippen molar-refractivity contribution < 1.29 is 13.2 Å². The SMILES string of the molecule is CCCCN(C)C(=O)c1ccnc(N(C)C2CCS(=O)(=O)C2)n1. The lowest BCUT2D eigenvalue weighted by Crippen LogP contribution is -2.35. The molecule has 0 radical (unpaired) electrons. The average molecular weight is 340 g/mol. The second-order valence-corrected chi connectivity index (χ2v) is 8.22. The molecule has 2 heterocycles. The van der Waals surface area contributed by atoms with Gasteiger partial charge in [-0.05, 0) is 18.9 Å². The predicted molar refractivity (Wildman–Crippen MR) is 89.4 cm³/mol. The first-order valence-electron chi connectivity index (χ1n) is 7.86. The number of hydrogen-bond acceptors (Lipinski definition) is 6. The van der Waals surface area contributed by atoms with Gasteiger partial charge in [0.25, 0.3) is 5.91 Å². The summed E-state index contributed by atoms with van der Waals surface area (Å²) in [5.41, 5.74) is 0.335. The summed E-state index contributed by atoms with van der Waals surface area (Å²) in [6, 6.07) is 1.45. The predicted octanol–water partition coefficient (Wildman–Crippen LogP) is 0.972. The minimum absolute atomic E-state index is 0.113. The Morgan fingerprint density at radius 3 is 2.74 bits per heavy atom. The average Bonchev–Trinajstić information content (AvgIpc) is 2.91. The number of aromatic nitrogens is 2. The molecule has 2 rings (SSSR count). The van der Waals surface area contributed by atoms with E-state index >= 15 is 0 Å². The van der Waals surface area contributed by atoms with Crippen molar-refractivity contribution in [2.45, 2.75) is 32.2 Å². The molecule has 23 heavy (non-hydrogen) atoms.